The van der Waals surface area contributed by atoms with E-state index in [1.807, 2.05) is 24.3 Å². The maximum Gasteiger partial charge on any atom is 0.238 e. The molecule has 2 amide bonds. The van der Waals surface area contributed by atoms with Crippen LogP contribution in [0.1, 0.15) is 23.5 Å². The van der Waals surface area contributed by atoms with Crippen molar-refractivity contribution in [3.8, 4) is 0 Å². The van der Waals surface area contributed by atoms with Crippen molar-refractivity contribution in [2.75, 3.05) is 11.4 Å². The highest BCUT2D eigenvalue weighted by atomic mass is 127. The largest absolute Gasteiger partial charge is 0.368 e. The molecule has 0 saturated heterocycles. The van der Waals surface area contributed by atoms with Gasteiger partial charge in [0.05, 0.1) is 10.9 Å². The molecule has 1 aliphatic heterocycles. The number of carbonyl (C=O) groups excluding carboxylic acids is 2. The Morgan fingerprint density at radius 2 is 2.15 bits per heavy atom. The molecule has 0 bridgehead atoms. The third kappa shape index (κ3) is 2.00. The number of primary amides is 1. The summed E-state index contributed by atoms with van der Waals surface area (Å²) in [7, 11) is 0. The molecule has 130 valence electrons. The number of carbonyl (C=O) groups is 2. The van der Waals surface area contributed by atoms with Gasteiger partial charge in [-0.05, 0) is 58.3 Å². The Labute approximate surface area is 162 Å². The highest BCUT2D eigenvalue weighted by molar-refractivity contribution is 14.1. The second-order valence-electron chi connectivity index (χ2n) is 6.92. The zero-order valence-electron chi connectivity index (χ0n) is 13.7. The van der Waals surface area contributed by atoms with Crippen LogP contribution in [0.4, 0.5) is 5.69 Å². The number of anilines is 1. The molecule has 1 aromatic heterocycles. The monoisotopic (exact) mass is 458 g/mol. The summed E-state index contributed by atoms with van der Waals surface area (Å²) in [4.78, 5) is 26.2. The molecule has 5 rings (SSSR count). The van der Waals surface area contributed by atoms with Crippen LogP contribution in [0.15, 0.2) is 42.5 Å². The van der Waals surface area contributed by atoms with Crippen molar-refractivity contribution in [2.24, 2.45) is 5.73 Å². The Balaban J connectivity index is 1.59. The zero-order chi connectivity index (χ0) is 18.1. The van der Waals surface area contributed by atoms with Crippen molar-refractivity contribution >= 4 is 51.0 Å². The Morgan fingerprint density at radius 3 is 2.96 bits per heavy atom. The first-order valence-electron chi connectivity index (χ1n) is 8.35. The molecule has 3 N–H and O–H groups in total. The van der Waals surface area contributed by atoms with Crippen LogP contribution >= 0.6 is 22.6 Å². The number of nitrogens with one attached hydrogen (secondary N) is 1. The Hall–Kier alpha value is -2.42. The number of amides is 2. The van der Waals surface area contributed by atoms with E-state index in [0.29, 0.717) is 0 Å². The molecule has 1 aliphatic carbocycles. The summed E-state index contributed by atoms with van der Waals surface area (Å²) in [6.07, 6.45) is 0.741. The number of fused-ring (bicyclic) bond motifs is 3. The van der Waals surface area contributed by atoms with Crippen LogP contribution in [0, 0.1) is 3.70 Å². The molecule has 2 aliphatic rings. The minimum Gasteiger partial charge on any atom is -0.368 e. The van der Waals surface area contributed by atoms with Crippen molar-refractivity contribution in [3.63, 3.8) is 0 Å². The normalized spacial score (nSPS) is 23.7. The van der Waals surface area contributed by atoms with Crippen LogP contribution in [0.25, 0.3) is 10.9 Å². The summed E-state index contributed by atoms with van der Waals surface area (Å²) in [5.74, 6) is -0.443. The summed E-state index contributed by atoms with van der Waals surface area (Å²) < 4.78 is 1.00. The number of benzene rings is 2. The van der Waals surface area contributed by atoms with Gasteiger partial charge in [0.25, 0.3) is 0 Å². The summed E-state index contributed by atoms with van der Waals surface area (Å²) in [5, 5.41) is 8.40. The molecule has 1 fully saturated rings. The van der Waals surface area contributed by atoms with Gasteiger partial charge in [0.1, 0.15) is 10.2 Å². The fraction of sp³-hybridized carbons (Fsp3) is 0.211. The van der Waals surface area contributed by atoms with E-state index >= 15 is 0 Å². The minimum absolute atomic E-state index is 0.0285. The molecule has 7 heteroatoms. The van der Waals surface area contributed by atoms with E-state index in [-0.39, 0.29) is 18.4 Å². The molecule has 6 nitrogen and oxygen atoms in total. The number of aromatic nitrogens is 2. The lowest BCUT2D eigenvalue weighted by molar-refractivity contribution is -0.123. The van der Waals surface area contributed by atoms with Gasteiger partial charge >= 0.3 is 0 Å². The number of para-hydroxylation sites is 1. The number of halogens is 1. The number of rotatable bonds is 3. The highest BCUT2D eigenvalue weighted by Crippen LogP contribution is 2.66. The fourth-order valence-electron chi connectivity index (χ4n) is 4.28. The van der Waals surface area contributed by atoms with Crippen LogP contribution in [-0.2, 0) is 15.0 Å². The van der Waals surface area contributed by atoms with E-state index in [9.17, 15) is 9.59 Å². The summed E-state index contributed by atoms with van der Waals surface area (Å²) in [6.45, 7) is -0.0824. The molecule has 1 saturated carbocycles. The van der Waals surface area contributed by atoms with Crippen molar-refractivity contribution < 1.29 is 9.59 Å². The van der Waals surface area contributed by atoms with E-state index in [4.69, 9.17) is 5.73 Å². The number of H-pyrrole nitrogens is 1. The van der Waals surface area contributed by atoms with Crippen molar-refractivity contribution in [1.29, 1.82) is 0 Å². The average molecular weight is 458 g/mol. The number of hydrogen-bond acceptors (Lipinski definition) is 3. The highest BCUT2D eigenvalue weighted by Gasteiger charge is 2.67. The molecule has 3 aromatic rings. The second-order valence-corrected chi connectivity index (χ2v) is 8.00. The van der Waals surface area contributed by atoms with E-state index in [1.54, 1.807) is 0 Å². The maximum atomic E-state index is 13.2. The van der Waals surface area contributed by atoms with Crippen molar-refractivity contribution in [1.82, 2.24) is 10.2 Å². The summed E-state index contributed by atoms with van der Waals surface area (Å²) >= 11 is 2.22. The van der Waals surface area contributed by atoms with Gasteiger partial charge in [0, 0.05) is 17.0 Å². The van der Waals surface area contributed by atoms with Crippen LogP contribution in [-0.4, -0.2) is 28.6 Å². The van der Waals surface area contributed by atoms with Crippen LogP contribution < -0.4 is 10.6 Å². The summed E-state index contributed by atoms with van der Waals surface area (Å²) in [6, 6.07) is 13.9. The molecule has 0 radical (unpaired) electrons. The van der Waals surface area contributed by atoms with Gasteiger partial charge in [-0.3, -0.25) is 14.7 Å². The number of aromatic amines is 1. The second kappa shape index (κ2) is 5.29. The fourth-order valence-corrected chi connectivity index (χ4v) is 4.85. The first-order valence-corrected chi connectivity index (χ1v) is 9.43. The van der Waals surface area contributed by atoms with Gasteiger partial charge < -0.3 is 10.6 Å². The van der Waals surface area contributed by atoms with E-state index in [1.165, 1.54) is 4.90 Å². The topological polar surface area (TPSA) is 92.1 Å². The van der Waals surface area contributed by atoms with Crippen LogP contribution in [0.5, 0.6) is 0 Å². The molecule has 2 heterocycles. The predicted octanol–water partition coefficient (Wildman–Crippen LogP) is 2.42. The van der Waals surface area contributed by atoms with Gasteiger partial charge in [-0.25, -0.2) is 0 Å². The first-order chi connectivity index (χ1) is 12.5. The quantitative estimate of drug-likeness (QED) is 0.591. The van der Waals surface area contributed by atoms with Crippen LogP contribution in [0.2, 0.25) is 0 Å². The SMILES string of the molecule is NC(=O)CN1C(=O)[C@@]2(CC2c2ccc3c(I)[nH]nc3c2)c2ccccc21. The lowest BCUT2D eigenvalue weighted by Gasteiger charge is -2.16. The molecule has 1 spiro atoms. The van der Waals surface area contributed by atoms with Crippen LogP contribution in [0.3, 0.4) is 0 Å². The molecule has 26 heavy (non-hydrogen) atoms. The third-order valence-electron chi connectivity index (χ3n) is 5.51. The van der Waals surface area contributed by atoms with Crippen molar-refractivity contribution in [3.05, 3.63) is 57.3 Å². The lowest BCUT2D eigenvalue weighted by Crippen LogP contribution is -2.39. The van der Waals surface area contributed by atoms with Crippen molar-refractivity contribution in [2.45, 2.75) is 17.8 Å². The number of hydrogen-bond donors (Lipinski definition) is 2. The zero-order valence-corrected chi connectivity index (χ0v) is 15.9. The predicted molar refractivity (Wildman–Crippen MR) is 106 cm³/mol. The lowest BCUT2D eigenvalue weighted by atomic mass is 9.92. The smallest absolute Gasteiger partial charge is 0.238 e. The van der Waals surface area contributed by atoms with E-state index in [2.05, 4.69) is 51.0 Å². The molecule has 1 unspecified atom stereocenters. The Morgan fingerprint density at radius 1 is 1.35 bits per heavy atom. The van der Waals surface area contributed by atoms with Gasteiger partial charge in [-0.15, -0.1) is 0 Å². The number of nitrogens with two attached hydrogens (primary N) is 1. The minimum atomic E-state index is -0.580. The van der Waals surface area contributed by atoms with E-state index in [0.717, 1.165) is 37.8 Å². The molecule has 2 aromatic carbocycles. The van der Waals surface area contributed by atoms with Gasteiger partial charge in [-0.1, -0.05) is 24.3 Å². The third-order valence-corrected chi connectivity index (χ3v) is 6.33. The summed E-state index contributed by atoms with van der Waals surface area (Å²) in [5.41, 5.74) is 8.58. The van der Waals surface area contributed by atoms with Gasteiger partial charge in [0.2, 0.25) is 11.8 Å². The first kappa shape index (κ1) is 15.8. The molecular formula is C19H15IN4O2. The molecular weight excluding hydrogens is 443 g/mol. The van der Waals surface area contributed by atoms with E-state index < -0.39 is 11.3 Å². The standard InChI is InChI=1S/C19H15IN4O2/c20-17-11-6-5-10(7-14(11)22-23-17)13-8-19(13)12-3-1-2-4-15(12)24(18(19)26)9-16(21)25/h1-7,13H,8-9H2,(H2,21,25)(H,22,23)/t13?,19-/m0/s1. The van der Waals surface area contributed by atoms with Gasteiger partial charge in [-0.2, -0.15) is 5.10 Å². The van der Waals surface area contributed by atoms with Gasteiger partial charge in [0.15, 0.2) is 0 Å². The molecule has 2 atom stereocenters. The number of nitrogens with zero attached hydrogens (tertiary/aromatic N) is 2. The average Bonchev–Trinajstić information content (AvgIpc) is 3.23. The Kier molecular flexibility index (Phi) is 3.22. The Bertz CT molecular complexity index is 1090. The maximum absolute atomic E-state index is 13.2.